The number of likely N-dealkylation sites (tertiary alicyclic amines) is 1. The predicted molar refractivity (Wildman–Crippen MR) is 109 cm³/mol. The highest BCUT2D eigenvalue weighted by atomic mass is 35.5. The molecule has 2 aromatic rings. The molecule has 2 aromatic carbocycles. The molecule has 138 valence electrons. The van der Waals surface area contributed by atoms with Gasteiger partial charge in [-0.15, -0.1) is 0 Å². The molecule has 0 aliphatic carbocycles. The Balaban J connectivity index is 1.88. The first kappa shape index (κ1) is 19.2. The molecule has 0 radical (unpaired) electrons. The fraction of sp³-hybridized carbons (Fsp3) is 0.381. The van der Waals surface area contributed by atoms with Gasteiger partial charge in [-0.1, -0.05) is 67.4 Å². The minimum Gasteiger partial charge on any atom is -0.324 e. The van der Waals surface area contributed by atoms with Crippen LogP contribution in [0.1, 0.15) is 31.9 Å². The summed E-state index contributed by atoms with van der Waals surface area (Å²) >= 11 is 12.1. The molecule has 1 fully saturated rings. The van der Waals surface area contributed by atoms with Crippen LogP contribution in [0.15, 0.2) is 48.5 Å². The van der Waals surface area contributed by atoms with Crippen LogP contribution in [0.5, 0.6) is 0 Å². The maximum atomic E-state index is 13.2. The van der Waals surface area contributed by atoms with Crippen molar-refractivity contribution in [1.82, 2.24) is 4.90 Å². The Bertz CT molecular complexity index is 736. The number of halogens is 2. The Hall–Kier alpha value is -1.55. The number of benzene rings is 2. The van der Waals surface area contributed by atoms with Crippen LogP contribution in [-0.2, 0) is 4.79 Å². The third-order valence-electron chi connectivity index (χ3n) is 4.76. The Morgan fingerprint density at radius 2 is 1.62 bits per heavy atom. The number of nitrogens with zero attached hydrogens (tertiary/aromatic N) is 1. The van der Waals surface area contributed by atoms with Crippen LogP contribution in [0.3, 0.4) is 0 Å². The molecule has 0 saturated carbocycles. The number of hydrogen-bond acceptors (Lipinski definition) is 2. The van der Waals surface area contributed by atoms with Gasteiger partial charge < -0.3 is 5.32 Å². The lowest BCUT2D eigenvalue weighted by Crippen LogP contribution is -2.45. The predicted octanol–water partition coefficient (Wildman–Crippen LogP) is 5.65. The van der Waals surface area contributed by atoms with E-state index in [2.05, 4.69) is 24.1 Å². The largest absolute Gasteiger partial charge is 0.324 e. The van der Waals surface area contributed by atoms with Gasteiger partial charge in [-0.3, -0.25) is 9.69 Å². The van der Waals surface area contributed by atoms with Crippen LogP contribution < -0.4 is 5.32 Å². The van der Waals surface area contributed by atoms with E-state index in [-0.39, 0.29) is 11.9 Å². The zero-order valence-electron chi connectivity index (χ0n) is 15.1. The summed E-state index contributed by atoms with van der Waals surface area (Å²) in [6.45, 7) is 6.32. The molecule has 3 unspecified atom stereocenters. The molecule has 1 N–H and O–H groups in total. The molecule has 3 nitrogen and oxygen atoms in total. The number of carbonyl (C=O) groups is 1. The number of amides is 1. The lowest BCUT2D eigenvalue weighted by atomic mass is 9.89. The van der Waals surface area contributed by atoms with Crippen LogP contribution in [0.4, 0.5) is 5.69 Å². The zero-order valence-corrected chi connectivity index (χ0v) is 16.6. The SMILES string of the molecule is CC1CC(C)CN(C(C(=O)Nc2cc(Cl)cc(Cl)c2)c2ccccc2)C1. The van der Waals surface area contributed by atoms with Crippen LogP contribution in [0.25, 0.3) is 0 Å². The van der Waals surface area contributed by atoms with Gasteiger partial charge in [-0.05, 0) is 42.0 Å². The van der Waals surface area contributed by atoms with Crippen molar-refractivity contribution in [2.24, 2.45) is 11.8 Å². The van der Waals surface area contributed by atoms with Crippen molar-refractivity contribution >= 4 is 34.8 Å². The highest BCUT2D eigenvalue weighted by Gasteiger charge is 2.32. The molecule has 1 aliphatic heterocycles. The fourth-order valence-electron chi connectivity index (χ4n) is 3.92. The first-order valence-electron chi connectivity index (χ1n) is 8.98. The van der Waals surface area contributed by atoms with E-state index in [0.29, 0.717) is 27.6 Å². The van der Waals surface area contributed by atoms with Gasteiger partial charge in [0.05, 0.1) is 0 Å². The number of carbonyl (C=O) groups excluding carboxylic acids is 1. The Morgan fingerprint density at radius 1 is 1.04 bits per heavy atom. The third-order valence-corrected chi connectivity index (χ3v) is 5.19. The molecule has 1 saturated heterocycles. The zero-order chi connectivity index (χ0) is 18.7. The molecule has 0 aromatic heterocycles. The molecular weight excluding hydrogens is 367 g/mol. The number of hydrogen-bond donors (Lipinski definition) is 1. The monoisotopic (exact) mass is 390 g/mol. The van der Waals surface area contributed by atoms with Crippen molar-refractivity contribution in [3.8, 4) is 0 Å². The van der Waals surface area contributed by atoms with Gasteiger partial charge >= 0.3 is 0 Å². The van der Waals surface area contributed by atoms with Crippen LogP contribution >= 0.6 is 23.2 Å². The average Bonchev–Trinajstić information content (AvgIpc) is 2.54. The second kappa shape index (κ2) is 8.43. The van der Waals surface area contributed by atoms with Gasteiger partial charge in [0.15, 0.2) is 0 Å². The molecule has 0 spiro atoms. The minimum atomic E-state index is -0.334. The van der Waals surface area contributed by atoms with E-state index in [4.69, 9.17) is 23.2 Å². The molecule has 1 aliphatic rings. The normalized spacial score (nSPS) is 22.0. The van der Waals surface area contributed by atoms with Crippen LogP contribution in [0.2, 0.25) is 10.0 Å². The maximum absolute atomic E-state index is 13.2. The quantitative estimate of drug-likeness (QED) is 0.730. The maximum Gasteiger partial charge on any atom is 0.246 e. The highest BCUT2D eigenvalue weighted by molar-refractivity contribution is 6.35. The van der Waals surface area contributed by atoms with Gasteiger partial charge in [0, 0.05) is 28.8 Å². The van der Waals surface area contributed by atoms with Gasteiger partial charge in [0.1, 0.15) is 6.04 Å². The van der Waals surface area contributed by atoms with Gasteiger partial charge in [-0.2, -0.15) is 0 Å². The standard InChI is InChI=1S/C21H24Cl2N2O/c1-14-8-15(2)13-25(12-14)20(16-6-4-3-5-7-16)21(26)24-19-10-17(22)9-18(23)11-19/h3-7,9-11,14-15,20H,8,12-13H2,1-2H3,(H,24,26). The van der Waals surface area contributed by atoms with Crippen LogP contribution in [0, 0.1) is 11.8 Å². The molecule has 1 heterocycles. The fourth-order valence-corrected chi connectivity index (χ4v) is 4.45. The lowest BCUT2D eigenvalue weighted by Gasteiger charge is -2.39. The smallest absolute Gasteiger partial charge is 0.246 e. The number of nitrogens with one attached hydrogen (secondary N) is 1. The van der Waals surface area contributed by atoms with Gasteiger partial charge in [-0.25, -0.2) is 0 Å². The van der Waals surface area contributed by atoms with Gasteiger partial charge in [0.2, 0.25) is 5.91 Å². The highest BCUT2D eigenvalue weighted by Crippen LogP contribution is 2.31. The van der Waals surface area contributed by atoms with E-state index in [1.807, 2.05) is 30.3 Å². The summed E-state index contributed by atoms with van der Waals surface area (Å²) in [5.41, 5.74) is 1.62. The summed E-state index contributed by atoms with van der Waals surface area (Å²) < 4.78 is 0. The Kier molecular flexibility index (Phi) is 6.23. The third kappa shape index (κ3) is 4.79. The summed E-state index contributed by atoms with van der Waals surface area (Å²) in [4.78, 5) is 15.5. The summed E-state index contributed by atoms with van der Waals surface area (Å²) in [6, 6.07) is 14.7. The van der Waals surface area contributed by atoms with Crippen LogP contribution in [-0.4, -0.2) is 23.9 Å². The second-order valence-electron chi connectivity index (χ2n) is 7.36. The summed E-state index contributed by atoms with van der Waals surface area (Å²) in [6.07, 6.45) is 1.20. The topological polar surface area (TPSA) is 32.3 Å². The van der Waals surface area contributed by atoms with E-state index in [9.17, 15) is 4.79 Å². The summed E-state index contributed by atoms with van der Waals surface area (Å²) in [5.74, 6) is 1.08. The molecule has 5 heteroatoms. The number of piperidine rings is 1. The van der Waals surface area contributed by atoms with Crippen molar-refractivity contribution in [2.45, 2.75) is 26.3 Å². The molecule has 3 atom stereocenters. The Morgan fingerprint density at radius 3 is 2.19 bits per heavy atom. The Labute approximate surface area is 165 Å². The van der Waals surface area contributed by atoms with Crippen molar-refractivity contribution in [2.75, 3.05) is 18.4 Å². The first-order valence-corrected chi connectivity index (χ1v) is 9.74. The molecular formula is C21H24Cl2N2O. The number of anilines is 1. The van der Waals surface area contributed by atoms with Crippen molar-refractivity contribution in [3.05, 3.63) is 64.1 Å². The first-order chi connectivity index (χ1) is 12.4. The van der Waals surface area contributed by atoms with Gasteiger partial charge in [0.25, 0.3) is 0 Å². The van der Waals surface area contributed by atoms with E-state index in [0.717, 1.165) is 18.7 Å². The molecule has 3 rings (SSSR count). The van der Waals surface area contributed by atoms with E-state index in [1.54, 1.807) is 18.2 Å². The lowest BCUT2D eigenvalue weighted by molar-refractivity contribution is -0.122. The second-order valence-corrected chi connectivity index (χ2v) is 8.23. The van der Waals surface area contributed by atoms with Crippen molar-refractivity contribution in [3.63, 3.8) is 0 Å². The molecule has 0 bridgehead atoms. The average molecular weight is 391 g/mol. The minimum absolute atomic E-state index is 0.0594. The van der Waals surface area contributed by atoms with Crippen molar-refractivity contribution in [1.29, 1.82) is 0 Å². The van der Waals surface area contributed by atoms with E-state index in [1.165, 1.54) is 6.42 Å². The number of rotatable bonds is 4. The van der Waals surface area contributed by atoms with Crippen molar-refractivity contribution < 1.29 is 4.79 Å². The molecule has 1 amide bonds. The summed E-state index contributed by atoms with van der Waals surface area (Å²) in [5, 5.41) is 4.01. The molecule has 26 heavy (non-hydrogen) atoms. The van der Waals surface area contributed by atoms with E-state index >= 15 is 0 Å². The van der Waals surface area contributed by atoms with E-state index < -0.39 is 0 Å². The summed E-state index contributed by atoms with van der Waals surface area (Å²) in [7, 11) is 0.